The summed E-state index contributed by atoms with van der Waals surface area (Å²) in [6, 6.07) is 15.5. The molecule has 2 rings (SSSR count). The van der Waals surface area contributed by atoms with E-state index in [1.807, 2.05) is 12.1 Å². The molecule has 0 spiro atoms. The summed E-state index contributed by atoms with van der Waals surface area (Å²) in [4.78, 5) is 11.4. The van der Waals surface area contributed by atoms with Crippen molar-refractivity contribution in [3.63, 3.8) is 0 Å². The fraction of sp³-hybridized carbons (Fsp3) is 0.188. The van der Waals surface area contributed by atoms with E-state index in [1.165, 1.54) is 6.92 Å². The molecular weight excluding hydrogens is 286 g/mol. The smallest absolute Gasteiger partial charge is 0.240 e. The summed E-state index contributed by atoms with van der Waals surface area (Å²) in [6.07, 6.45) is 0.574. The van der Waals surface area contributed by atoms with Crippen molar-refractivity contribution in [1.82, 2.24) is 4.72 Å². The Morgan fingerprint density at radius 1 is 1.00 bits per heavy atom. The maximum atomic E-state index is 12.0. The maximum Gasteiger partial charge on any atom is 0.240 e. The Morgan fingerprint density at radius 2 is 1.62 bits per heavy atom. The molecule has 0 unspecified atom stereocenters. The fourth-order valence-electron chi connectivity index (χ4n) is 1.92. The van der Waals surface area contributed by atoms with Crippen LogP contribution in [0.2, 0.25) is 0 Å². The molecule has 0 atom stereocenters. The lowest BCUT2D eigenvalue weighted by molar-refractivity contribution is 0.101. The van der Waals surface area contributed by atoms with E-state index in [1.54, 1.807) is 42.5 Å². The van der Waals surface area contributed by atoms with Gasteiger partial charge in [0.2, 0.25) is 10.0 Å². The van der Waals surface area contributed by atoms with Gasteiger partial charge < -0.3 is 0 Å². The predicted molar refractivity (Wildman–Crippen MR) is 81.8 cm³/mol. The van der Waals surface area contributed by atoms with Gasteiger partial charge in [0.05, 0.1) is 4.90 Å². The van der Waals surface area contributed by atoms with E-state index in [0.29, 0.717) is 18.5 Å². The highest BCUT2D eigenvalue weighted by Crippen LogP contribution is 2.08. The van der Waals surface area contributed by atoms with Gasteiger partial charge >= 0.3 is 0 Å². The first kappa shape index (κ1) is 15.4. The molecule has 0 radical (unpaired) electrons. The zero-order valence-corrected chi connectivity index (χ0v) is 12.6. The Hall–Kier alpha value is -1.98. The summed E-state index contributed by atoms with van der Waals surface area (Å²) in [5.74, 6) is 0.0198. The van der Waals surface area contributed by atoms with E-state index in [9.17, 15) is 13.2 Å². The number of Topliss-reactive ketones (excluding diaryl/α,β-unsaturated/α-hetero) is 1. The lowest BCUT2D eigenvalue weighted by Crippen LogP contribution is -2.25. The topological polar surface area (TPSA) is 63.2 Å². The first-order chi connectivity index (χ1) is 9.99. The van der Waals surface area contributed by atoms with E-state index >= 15 is 0 Å². The third-order valence-electron chi connectivity index (χ3n) is 3.12. The van der Waals surface area contributed by atoms with Crippen LogP contribution < -0.4 is 4.72 Å². The Morgan fingerprint density at radius 3 is 2.19 bits per heavy atom. The average molecular weight is 303 g/mol. The second-order valence-corrected chi connectivity index (χ2v) is 6.48. The predicted octanol–water partition coefficient (Wildman–Crippen LogP) is 2.41. The summed E-state index contributed by atoms with van der Waals surface area (Å²) < 4.78 is 26.6. The Labute approximate surface area is 124 Å². The van der Waals surface area contributed by atoms with Gasteiger partial charge in [0.1, 0.15) is 0 Å². The van der Waals surface area contributed by atoms with Crippen molar-refractivity contribution in [1.29, 1.82) is 0 Å². The van der Waals surface area contributed by atoms with Crippen molar-refractivity contribution in [3.05, 3.63) is 65.7 Å². The molecule has 1 N–H and O–H groups in total. The second-order valence-electron chi connectivity index (χ2n) is 4.71. The molecule has 0 saturated heterocycles. The van der Waals surface area contributed by atoms with Crippen LogP contribution in [0.5, 0.6) is 0 Å². The first-order valence-electron chi connectivity index (χ1n) is 6.63. The van der Waals surface area contributed by atoms with E-state index in [2.05, 4.69) is 4.72 Å². The highest BCUT2D eigenvalue weighted by Gasteiger charge is 2.12. The minimum atomic E-state index is -3.46. The Kier molecular flexibility index (Phi) is 4.88. The fourth-order valence-corrected chi connectivity index (χ4v) is 2.97. The molecule has 21 heavy (non-hydrogen) atoms. The zero-order chi connectivity index (χ0) is 15.3. The lowest BCUT2D eigenvalue weighted by Gasteiger charge is -2.07. The molecule has 5 heteroatoms. The highest BCUT2D eigenvalue weighted by atomic mass is 32.2. The van der Waals surface area contributed by atoms with Crippen LogP contribution in [0.3, 0.4) is 0 Å². The number of carbonyl (C=O) groups is 1. The highest BCUT2D eigenvalue weighted by molar-refractivity contribution is 7.89. The second kappa shape index (κ2) is 6.65. The Balaban J connectivity index is 1.94. The summed E-state index contributed by atoms with van der Waals surface area (Å²) in [5, 5.41) is 0. The van der Waals surface area contributed by atoms with Crippen LogP contribution in [0.15, 0.2) is 59.5 Å². The minimum absolute atomic E-state index is 0.0198. The van der Waals surface area contributed by atoms with Crippen molar-refractivity contribution in [2.24, 2.45) is 0 Å². The number of benzene rings is 2. The monoisotopic (exact) mass is 303 g/mol. The summed E-state index contributed by atoms with van der Waals surface area (Å²) >= 11 is 0. The van der Waals surface area contributed by atoms with Crippen LogP contribution in [0.4, 0.5) is 0 Å². The third kappa shape index (κ3) is 4.24. The Bertz CT molecular complexity index is 707. The molecule has 0 saturated carbocycles. The van der Waals surface area contributed by atoms with Gasteiger partial charge in [-0.2, -0.15) is 0 Å². The van der Waals surface area contributed by atoms with Crippen LogP contribution in [0.25, 0.3) is 0 Å². The molecule has 2 aromatic carbocycles. The van der Waals surface area contributed by atoms with E-state index in [-0.39, 0.29) is 10.7 Å². The molecular formula is C16H17NO3S. The van der Waals surface area contributed by atoms with Crippen LogP contribution in [0, 0.1) is 0 Å². The van der Waals surface area contributed by atoms with Gasteiger partial charge in [-0.15, -0.1) is 0 Å². The van der Waals surface area contributed by atoms with Crippen LogP contribution in [0.1, 0.15) is 22.8 Å². The molecule has 4 nitrogen and oxygen atoms in total. The number of rotatable bonds is 6. The third-order valence-corrected chi connectivity index (χ3v) is 4.60. The summed E-state index contributed by atoms with van der Waals surface area (Å²) in [6.45, 7) is 1.83. The molecule has 0 aromatic heterocycles. The number of sulfonamides is 1. The van der Waals surface area contributed by atoms with Crippen molar-refractivity contribution < 1.29 is 13.2 Å². The van der Waals surface area contributed by atoms with Gasteiger partial charge in [0.25, 0.3) is 0 Å². The van der Waals surface area contributed by atoms with E-state index < -0.39 is 10.0 Å². The van der Waals surface area contributed by atoms with Crippen molar-refractivity contribution in [2.75, 3.05) is 6.54 Å². The molecule has 0 aliphatic carbocycles. The molecule has 0 bridgehead atoms. The van der Waals surface area contributed by atoms with Gasteiger partial charge in [0, 0.05) is 12.1 Å². The number of nitrogens with one attached hydrogen (secondary N) is 1. The largest absolute Gasteiger partial charge is 0.295 e. The SMILES string of the molecule is CC(=O)c1ccc(CCNS(=O)(=O)c2ccccc2)cc1. The zero-order valence-electron chi connectivity index (χ0n) is 11.7. The van der Waals surface area contributed by atoms with Gasteiger partial charge in [0.15, 0.2) is 5.78 Å². The molecule has 0 fully saturated rings. The van der Waals surface area contributed by atoms with Crippen molar-refractivity contribution in [3.8, 4) is 0 Å². The first-order valence-corrected chi connectivity index (χ1v) is 8.12. The molecule has 0 heterocycles. The number of hydrogen-bond acceptors (Lipinski definition) is 3. The summed E-state index contributed by atoms with van der Waals surface area (Å²) in [5.41, 5.74) is 1.64. The van der Waals surface area contributed by atoms with Gasteiger partial charge in [-0.3, -0.25) is 4.79 Å². The molecule has 110 valence electrons. The number of hydrogen-bond donors (Lipinski definition) is 1. The minimum Gasteiger partial charge on any atom is -0.295 e. The molecule has 0 amide bonds. The maximum absolute atomic E-state index is 12.0. The van der Waals surface area contributed by atoms with E-state index in [0.717, 1.165) is 5.56 Å². The number of carbonyl (C=O) groups excluding carboxylic acids is 1. The van der Waals surface area contributed by atoms with Crippen molar-refractivity contribution in [2.45, 2.75) is 18.2 Å². The number of ketones is 1. The van der Waals surface area contributed by atoms with Gasteiger partial charge in [-0.1, -0.05) is 42.5 Å². The normalized spacial score (nSPS) is 11.3. The van der Waals surface area contributed by atoms with Crippen molar-refractivity contribution >= 4 is 15.8 Å². The molecule has 0 aliphatic rings. The summed E-state index contributed by atoms with van der Waals surface area (Å²) in [7, 11) is -3.46. The standard InChI is InChI=1S/C16H17NO3S/c1-13(18)15-9-7-14(8-10-15)11-12-17-21(19,20)16-5-3-2-4-6-16/h2-10,17H,11-12H2,1H3. The van der Waals surface area contributed by atoms with Crippen LogP contribution >= 0.6 is 0 Å². The lowest BCUT2D eigenvalue weighted by atomic mass is 10.1. The van der Waals surface area contributed by atoms with Gasteiger partial charge in [-0.05, 0) is 31.0 Å². The van der Waals surface area contributed by atoms with Crippen LogP contribution in [-0.4, -0.2) is 20.7 Å². The molecule has 0 aliphatic heterocycles. The van der Waals surface area contributed by atoms with Crippen LogP contribution in [-0.2, 0) is 16.4 Å². The average Bonchev–Trinajstić information content (AvgIpc) is 2.48. The molecule has 2 aromatic rings. The van der Waals surface area contributed by atoms with E-state index in [4.69, 9.17) is 0 Å². The van der Waals surface area contributed by atoms with Gasteiger partial charge in [-0.25, -0.2) is 13.1 Å². The quantitative estimate of drug-likeness (QED) is 0.834.